The first kappa shape index (κ1) is 10.9. The van der Waals surface area contributed by atoms with Gasteiger partial charge in [0.25, 0.3) is 0 Å². The molecule has 0 heterocycles. The molecular formula is C11H18N2O. The highest BCUT2D eigenvalue weighted by Gasteiger charge is 1.99. The normalized spacial score (nSPS) is 10.1. The summed E-state index contributed by atoms with van der Waals surface area (Å²) in [7, 11) is 2.04. The minimum absolute atomic E-state index is 0.309. The van der Waals surface area contributed by atoms with Gasteiger partial charge < -0.3 is 15.7 Å². The summed E-state index contributed by atoms with van der Waals surface area (Å²) in [6.45, 7) is 1.76. The first-order valence-electron chi connectivity index (χ1n) is 4.94. The number of hydrogen-bond donors (Lipinski definition) is 2. The van der Waals surface area contributed by atoms with Gasteiger partial charge in [-0.25, -0.2) is 0 Å². The maximum Gasteiger partial charge on any atom is 0.115 e. The molecule has 3 nitrogen and oxygen atoms in total. The van der Waals surface area contributed by atoms with Crippen LogP contribution in [0, 0.1) is 0 Å². The van der Waals surface area contributed by atoms with Crippen LogP contribution in [-0.4, -0.2) is 25.2 Å². The van der Waals surface area contributed by atoms with Gasteiger partial charge in [0.15, 0.2) is 0 Å². The lowest BCUT2D eigenvalue weighted by Crippen LogP contribution is -2.19. The summed E-state index contributed by atoms with van der Waals surface area (Å²) in [6, 6.07) is 7.24. The van der Waals surface area contributed by atoms with Crippen LogP contribution in [0.5, 0.6) is 5.75 Å². The van der Waals surface area contributed by atoms with Crippen LogP contribution in [-0.2, 0) is 0 Å². The molecule has 0 radical (unpaired) electrons. The number of nitrogens with zero attached hydrogens (tertiary/aromatic N) is 1. The molecule has 0 bridgehead atoms. The molecule has 0 unspecified atom stereocenters. The van der Waals surface area contributed by atoms with Crippen molar-refractivity contribution >= 4 is 5.69 Å². The van der Waals surface area contributed by atoms with Crippen LogP contribution >= 0.6 is 0 Å². The van der Waals surface area contributed by atoms with Gasteiger partial charge in [-0.1, -0.05) is 0 Å². The summed E-state index contributed by atoms with van der Waals surface area (Å²) in [4.78, 5) is 2.16. The molecule has 78 valence electrons. The molecule has 3 N–H and O–H groups in total. The smallest absolute Gasteiger partial charge is 0.115 e. The van der Waals surface area contributed by atoms with Gasteiger partial charge in [0, 0.05) is 19.3 Å². The van der Waals surface area contributed by atoms with E-state index in [9.17, 15) is 0 Å². The largest absolute Gasteiger partial charge is 0.508 e. The van der Waals surface area contributed by atoms with Gasteiger partial charge >= 0.3 is 0 Å². The lowest BCUT2D eigenvalue weighted by Gasteiger charge is -2.18. The molecule has 0 fully saturated rings. The van der Waals surface area contributed by atoms with E-state index in [1.165, 1.54) is 0 Å². The van der Waals surface area contributed by atoms with E-state index in [1.54, 1.807) is 12.1 Å². The SMILES string of the molecule is CN(CCCCN)c1ccc(O)cc1. The van der Waals surface area contributed by atoms with Crippen LogP contribution < -0.4 is 10.6 Å². The van der Waals surface area contributed by atoms with E-state index in [-0.39, 0.29) is 0 Å². The second kappa shape index (κ2) is 5.50. The second-order valence-electron chi connectivity index (χ2n) is 3.43. The van der Waals surface area contributed by atoms with Crippen molar-refractivity contribution in [3.63, 3.8) is 0 Å². The van der Waals surface area contributed by atoms with Gasteiger partial charge in [-0.15, -0.1) is 0 Å². The van der Waals surface area contributed by atoms with E-state index in [0.717, 1.165) is 31.6 Å². The van der Waals surface area contributed by atoms with Crippen LogP contribution in [0.3, 0.4) is 0 Å². The van der Waals surface area contributed by atoms with Gasteiger partial charge in [0.1, 0.15) is 5.75 Å². The Morgan fingerprint density at radius 1 is 1.21 bits per heavy atom. The molecule has 1 aromatic carbocycles. The fourth-order valence-electron chi connectivity index (χ4n) is 1.33. The molecule has 0 aliphatic heterocycles. The summed E-state index contributed by atoms with van der Waals surface area (Å²) in [5.74, 6) is 0.309. The van der Waals surface area contributed by atoms with E-state index >= 15 is 0 Å². The number of rotatable bonds is 5. The predicted molar refractivity (Wildman–Crippen MR) is 59.7 cm³/mol. The number of unbranched alkanes of at least 4 members (excludes halogenated alkanes) is 1. The number of anilines is 1. The van der Waals surface area contributed by atoms with Crippen molar-refractivity contribution in [3.05, 3.63) is 24.3 Å². The Morgan fingerprint density at radius 2 is 1.86 bits per heavy atom. The maximum absolute atomic E-state index is 9.12. The summed E-state index contributed by atoms with van der Waals surface area (Å²) in [6.07, 6.45) is 2.16. The molecule has 0 atom stereocenters. The van der Waals surface area contributed by atoms with Gasteiger partial charge in [-0.05, 0) is 43.7 Å². The van der Waals surface area contributed by atoms with Crippen LogP contribution in [0.4, 0.5) is 5.69 Å². The van der Waals surface area contributed by atoms with Gasteiger partial charge in [-0.2, -0.15) is 0 Å². The quantitative estimate of drug-likeness (QED) is 0.699. The monoisotopic (exact) mass is 194 g/mol. The van der Waals surface area contributed by atoms with Crippen molar-refractivity contribution < 1.29 is 5.11 Å². The van der Waals surface area contributed by atoms with E-state index in [1.807, 2.05) is 19.2 Å². The Labute approximate surface area is 85.2 Å². The zero-order chi connectivity index (χ0) is 10.4. The van der Waals surface area contributed by atoms with Crippen molar-refractivity contribution in [2.45, 2.75) is 12.8 Å². The third kappa shape index (κ3) is 3.26. The van der Waals surface area contributed by atoms with Gasteiger partial charge in [-0.3, -0.25) is 0 Å². The summed E-state index contributed by atoms with van der Waals surface area (Å²) in [5.41, 5.74) is 6.55. The average molecular weight is 194 g/mol. The van der Waals surface area contributed by atoms with E-state index in [0.29, 0.717) is 5.75 Å². The van der Waals surface area contributed by atoms with Gasteiger partial charge in [0.05, 0.1) is 0 Å². The van der Waals surface area contributed by atoms with Crippen molar-refractivity contribution in [2.24, 2.45) is 5.73 Å². The molecule has 1 rings (SSSR count). The number of benzene rings is 1. The zero-order valence-corrected chi connectivity index (χ0v) is 8.61. The third-order valence-electron chi connectivity index (χ3n) is 2.24. The minimum atomic E-state index is 0.309. The number of hydrogen-bond acceptors (Lipinski definition) is 3. The Balaban J connectivity index is 2.43. The summed E-state index contributed by atoms with van der Waals surface area (Å²) >= 11 is 0. The van der Waals surface area contributed by atoms with Crippen LogP contribution in [0.25, 0.3) is 0 Å². The van der Waals surface area contributed by atoms with Crippen molar-refractivity contribution in [3.8, 4) is 5.75 Å². The Bertz CT molecular complexity index is 258. The maximum atomic E-state index is 9.12. The van der Waals surface area contributed by atoms with Crippen molar-refractivity contribution in [1.82, 2.24) is 0 Å². The molecule has 0 saturated heterocycles. The van der Waals surface area contributed by atoms with Crippen molar-refractivity contribution in [2.75, 3.05) is 25.0 Å². The lowest BCUT2D eigenvalue weighted by atomic mass is 10.2. The third-order valence-corrected chi connectivity index (χ3v) is 2.24. The Morgan fingerprint density at radius 3 is 2.43 bits per heavy atom. The van der Waals surface area contributed by atoms with Gasteiger partial charge in [0.2, 0.25) is 0 Å². The van der Waals surface area contributed by atoms with Crippen LogP contribution in [0.1, 0.15) is 12.8 Å². The van der Waals surface area contributed by atoms with Crippen LogP contribution in [0.2, 0.25) is 0 Å². The highest BCUT2D eigenvalue weighted by atomic mass is 16.3. The van der Waals surface area contributed by atoms with E-state index in [2.05, 4.69) is 4.90 Å². The van der Waals surface area contributed by atoms with Crippen molar-refractivity contribution in [1.29, 1.82) is 0 Å². The fraction of sp³-hybridized carbons (Fsp3) is 0.455. The topological polar surface area (TPSA) is 49.5 Å². The molecule has 0 aromatic heterocycles. The Kier molecular flexibility index (Phi) is 4.26. The Hall–Kier alpha value is -1.22. The highest BCUT2D eigenvalue weighted by Crippen LogP contribution is 2.17. The molecule has 1 aromatic rings. The second-order valence-corrected chi connectivity index (χ2v) is 3.43. The summed E-state index contributed by atoms with van der Waals surface area (Å²) < 4.78 is 0. The molecule has 0 aliphatic rings. The van der Waals surface area contributed by atoms with E-state index < -0.39 is 0 Å². The number of nitrogens with two attached hydrogens (primary N) is 1. The molecule has 3 heteroatoms. The molecule has 14 heavy (non-hydrogen) atoms. The number of phenolic OH excluding ortho intramolecular Hbond substituents is 1. The predicted octanol–water partition coefficient (Wildman–Crippen LogP) is 1.57. The fourth-order valence-corrected chi connectivity index (χ4v) is 1.33. The standard InChI is InChI=1S/C11H18N2O/c1-13(9-3-2-8-12)10-4-6-11(14)7-5-10/h4-7,14H,2-3,8-9,12H2,1H3. The summed E-state index contributed by atoms with van der Waals surface area (Å²) in [5, 5.41) is 9.12. The van der Waals surface area contributed by atoms with Crippen LogP contribution in [0.15, 0.2) is 24.3 Å². The highest BCUT2D eigenvalue weighted by molar-refractivity contribution is 5.47. The number of aromatic hydroxyl groups is 1. The average Bonchev–Trinajstić information content (AvgIpc) is 2.19. The minimum Gasteiger partial charge on any atom is -0.508 e. The molecular weight excluding hydrogens is 176 g/mol. The first-order chi connectivity index (χ1) is 6.74. The lowest BCUT2D eigenvalue weighted by molar-refractivity contribution is 0.475. The molecule has 0 amide bonds. The molecule has 0 saturated carbocycles. The number of phenols is 1. The molecule has 0 spiro atoms. The zero-order valence-electron chi connectivity index (χ0n) is 8.61. The van der Waals surface area contributed by atoms with E-state index in [4.69, 9.17) is 10.8 Å². The molecule has 0 aliphatic carbocycles. The first-order valence-corrected chi connectivity index (χ1v) is 4.94.